The fourth-order valence-corrected chi connectivity index (χ4v) is 1.70. The Kier molecular flexibility index (Phi) is 3.30. The highest BCUT2D eigenvalue weighted by molar-refractivity contribution is 14.1. The monoisotopic (exact) mass is 290 g/mol. The molecule has 3 heteroatoms. The molecule has 0 atom stereocenters. The summed E-state index contributed by atoms with van der Waals surface area (Å²) in [6.45, 7) is 3.94. The number of rotatable bonds is 1. The molecular formula is C10H11IO2. The summed E-state index contributed by atoms with van der Waals surface area (Å²) in [6.07, 6.45) is 0. The Bertz CT molecular complexity index is 345. The van der Waals surface area contributed by atoms with Crippen molar-refractivity contribution in [2.24, 2.45) is 0 Å². The first-order valence-corrected chi connectivity index (χ1v) is 4.99. The lowest BCUT2D eigenvalue weighted by Crippen LogP contribution is -2.05. The first kappa shape index (κ1) is 10.5. The van der Waals surface area contributed by atoms with Crippen molar-refractivity contribution in [3.8, 4) is 0 Å². The topological polar surface area (TPSA) is 26.3 Å². The zero-order chi connectivity index (χ0) is 10.0. The van der Waals surface area contributed by atoms with E-state index in [1.807, 2.05) is 19.9 Å². The molecule has 1 rings (SSSR count). The van der Waals surface area contributed by atoms with E-state index in [0.717, 1.165) is 11.1 Å². The number of halogens is 1. The van der Waals surface area contributed by atoms with Crippen molar-refractivity contribution in [1.82, 2.24) is 0 Å². The molecule has 0 aromatic heterocycles. The first-order chi connectivity index (χ1) is 6.07. The van der Waals surface area contributed by atoms with Gasteiger partial charge in [0.25, 0.3) is 0 Å². The van der Waals surface area contributed by atoms with E-state index in [4.69, 9.17) is 0 Å². The molecule has 13 heavy (non-hydrogen) atoms. The molecule has 0 aliphatic carbocycles. The molecule has 70 valence electrons. The zero-order valence-corrected chi connectivity index (χ0v) is 10.0. The van der Waals surface area contributed by atoms with Gasteiger partial charge in [0.15, 0.2) is 0 Å². The van der Waals surface area contributed by atoms with Crippen LogP contribution in [0, 0.1) is 17.4 Å². The summed E-state index contributed by atoms with van der Waals surface area (Å²) in [4.78, 5) is 11.3. The summed E-state index contributed by atoms with van der Waals surface area (Å²) in [5.74, 6) is -0.267. The summed E-state index contributed by atoms with van der Waals surface area (Å²) in [5, 5.41) is 0. The molecule has 0 spiro atoms. The average Bonchev–Trinajstić information content (AvgIpc) is 2.13. The van der Waals surface area contributed by atoms with Gasteiger partial charge in [-0.15, -0.1) is 0 Å². The van der Waals surface area contributed by atoms with Crippen molar-refractivity contribution in [2.75, 3.05) is 7.11 Å². The smallest absolute Gasteiger partial charge is 0.338 e. The highest BCUT2D eigenvalue weighted by Crippen LogP contribution is 2.19. The van der Waals surface area contributed by atoms with Gasteiger partial charge in [0.05, 0.1) is 12.7 Å². The summed E-state index contributed by atoms with van der Waals surface area (Å²) < 4.78 is 5.84. The largest absolute Gasteiger partial charge is 0.465 e. The number of methoxy groups -OCH3 is 1. The Balaban J connectivity index is 3.26. The maximum absolute atomic E-state index is 11.3. The number of hydrogen-bond acceptors (Lipinski definition) is 2. The van der Waals surface area contributed by atoms with Gasteiger partial charge in [-0.1, -0.05) is 0 Å². The van der Waals surface area contributed by atoms with Crippen molar-refractivity contribution in [1.29, 1.82) is 0 Å². The van der Waals surface area contributed by atoms with Crippen LogP contribution in [0.25, 0.3) is 0 Å². The van der Waals surface area contributed by atoms with Gasteiger partial charge in [-0.2, -0.15) is 0 Å². The molecule has 0 saturated heterocycles. The van der Waals surface area contributed by atoms with Crippen LogP contribution >= 0.6 is 22.6 Å². The Hall–Kier alpha value is -0.580. The third kappa shape index (κ3) is 2.02. The molecule has 0 saturated carbocycles. The van der Waals surface area contributed by atoms with Crippen LogP contribution in [0.4, 0.5) is 0 Å². The number of carbonyl (C=O) groups excluding carboxylic acids is 1. The van der Waals surface area contributed by atoms with Gasteiger partial charge in [-0.05, 0) is 59.7 Å². The molecular weight excluding hydrogens is 279 g/mol. The fraction of sp³-hybridized carbons (Fsp3) is 0.300. The molecule has 0 unspecified atom stereocenters. The van der Waals surface area contributed by atoms with Gasteiger partial charge in [-0.3, -0.25) is 0 Å². The number of ether oxygens (including phenoxy) is 1. The third-order valence-corrected chi connectivity index (χ3v) is 3.30. The van der Waals surface area contributed by atoms with Gasteiger partial charge in [0, 0.05) is 3.57 Å². The number of hydrogen-bond donors (Lipinski definition) is 0. The van der Waals surface area contributed by atoms with Crippen LogP contribution in [0.15, 0.2) is 12.1 Å². The normalized spacial score (nSPS) is 9.85. The van der Waals surface area contributed by atoms with E-state index in [-0.39, 0.29) is 5.97 Å². The predicted octanol–water partition coefficient (Wildman–Crippen LogP) is 2.69. The highest BCUT2D eigenvalue weighted by Gasteiger charge is 2.11. The van der Waals surface area contributed by atoms with E-state index in [9.17, 15) is 4.79 Å². The molecule has 0 N–H and O–H groups in total. The predicted molar refractivity (Wildman–Crippen MR) is 60.0 cm³/mol. The molecule has 0 fully saturated rings. The quantitative estimate of drug-likeness (QED) is 0.587. The summed E-state index contributed by atoms with van der Waals surface area (Å²) in [5.41, 5.74) is 2.79. The van der Waals surface area contributed by atoms with Crippen molar-refractivity contribution in [3.05, 3.63) is 32.4 Å². The lowest BCUT2D eigenvalue weighted by Gasteiger charge is -2.07. The van der Waals surface area contributed by atoms with Gasteiger partial charge in [-0.25, -0.2) is 4.79 Å². The van der Waals surface area contributed by atoms with E-state index in [2.05, 4.69) is 27.3 Å². The van der Waals surface area contributed by atoms with Crippen molar-refractivity contribution in [3.63, 3.8) is 0 Å². The Morgan fingerprint density at radius 2 is 1.92 bits per heavy atom. The Labute approximate surface area is 91.4 Å². The van der Waals surface area contributed by atoms with Crippen LogP contribution in [-0.4, -0.2) is 13.1 Å². The summed E-state index contributed by atoms with van der Waals surface area (Å²) >= 11 is 2.25. The lowest BCUT2D eigenvalue weighted by molar-refractivity contribution is 0.0600. The van der Waals surface area contributed by atoms with Crippen LogP contribution in [-0.2, 0) is 4.74 Å². The van der Waals surface area contributed by atoms with Crippen LogP contribution in [0.3, 0.4) is 0 Å². The second kappa shape index (κ2) is 4.09. The van der Waals surface area contributed by atoms with Crippen LogP contribution in [0.1, 0.15) is 21.5 Å². The lowest BCUT2D eigenvalue weighted by atomic mass is 10.0. The minimum atomic E-state index is -0.267. The minimum Gasteiger partial charge on any atom is -0.465 e. The van der Waals surface area contributed by atoms with Crippen LogP contribution in [0.2, 0.25) is 0 Å². The van der Waals surface area contributed by atoms with Gasteiger partial charge in [0.2, 0.25) is 0 Å². The Morgan fingerprint density at radius 3 is 2.46 bits per heavy atom. The molecule has 0 radical (unpaired) electrons. The van der Waals surface area contributed by atoms with Crippen LogP contribution < -0.4 is 0 Å². The molecule has 0 aliphatic rings. The number of carbonyl (C=O) groups is 1. The molecule has 0 bridgehead atoms. The molecule has 0 aliphatic heterocycles. The van der Waals surface area contributed by atoms with E-state index in [1.165, 1.54) is 10.7 Å². The van der Waals surface area contributed by atoms with Crippen molar-refractivity contribution < 1.29 is 9.53 Å². The molecule has 2 nitrogen and oxygen atoms in total. The maximum Gasteiger partial charge on any atom is 0.338 e. The first-order valence-electron chi connectivity index (χ1n) is 3.92. The third-order valence-electron chi connectivity index (χ3n) is 2.13. The molecule has 1 aromatic carbocycles. The standard InChI is InChI=1S/C10H11IO2/c1-6-7(2)9(11)5-4-8(6)10(12)13-3/h4-5H,1-3H3. The second-order valence-electron chi connectivity index (χ2n) is 2.84. The van der Waals surface area contributed by atoms with E-state index < -0.39 is 0 Å². The highest BCUT2D eigenvalue weighted by atomic mass is 127. The zero-order valence-electron chi connectivity index (χ0n) is 7.85. The van der Waals surface area contributed by atoms with E-state index in [1.54, 1.807) is 6.07 Å². The fourth-order valence-electron chi connectivity index (χ4n) is 1.12. The molecule has 1 aromatic rings. The number of esters is 1. The number of benzene rings is 1. The second-order valence-corrected chi connectivity index (χ2v) is 4.00. The van der Waals surface area contributed by atoms with Gasteiger partial charge >= 0.3 is 5.97 Å². The van der Waals surface area contributed by atoms with Crippen LogP contribution in [0.5, 0.6) is 0 Å². The molecule has 0 heterocycles. The average molecular weight is 290 g/mol. The van der Waals surface area contributed by atoms with Gasteiger partial charge in [0.1, 0.15) is 0 Å². The summed E-state index contributed by atoms with van der Waals surface area (Å²) in [6, 6.07) is 3.73. The molecule has 0 amide bonds. The van der Waals surface area contributed by atoms with Crippen molar-refractivity contribution >= 4 is 28.6 Å². The van der Waals surface area contributed by atoms with Gasteiger partial charge < -0.3 is 4.74 Å². The Morgan fingerprint density at radius 1 is 1.31 bits per heavy atom. The summed E-state index contributed by atoms with van der Waals surface area (Å²) in [7, 11) is 1.40. The van der Waals surface area contributed by atoms with E-state index >= 15 is 0 Å². The minimum absolute atomic E-state index is 0.267. The SMILES string of the molecule is COC(=O)c1ccc(I)c(C)c1C. The maximum atomic E-state index is 11.3. The van der Waals surface area contributed by atoms with Crippen molar-refractivity contribution in [2.45, 2.75) is 13.8 Å². The van der Waals surface area contributed by atoms with E-state index in [0.29, 0.717) is 5.56 Å².